The topological polar surface area (TPSA) is 12.0 Å². The Morgan fingerprint density at radius 2 is 2.00 bits per heavy atom. The number of benzene rings is 2. The zero-order chi connectivity index (χ0) is 9.54. The van der Waals surface area contributed by atoms with Gasteiger partial charge in [0, 0.05) is 0 Å². The molecule has 0 spiro atoms. The fraction of sp³-hybridized carbons (Fsp3) is 0.0909. The summed E-state index contributed by atoms with van der Waals surface area (Å²) in [6, 6.07) is 10.4. The predicted molar refractivity (Wildman–Crippen MR) is 62.8 cm³/mol. The zero-order valence-electron chi connectivity index (χ0n) is 7.38. The van der Waals surface area contributed by atoms with E-state index in [1.165, 1.54) is 20.9 Å². The average Bonchev–Trinajstić information content (AvgIpc) is 2.66. The molecular formula is C11H8ClNSe. The quantitative estimate of drug-likeness (QED) is 0.723. The van der Waals surface area contributed by atoms with Gasteiger partial charge >= 0.3 is 93.6 Å². The average molecular weight is 269 g/mol. The van der Waals surface area contributed by atoms with E-state index in [2.05, 4.69) is 23.5 Å². The summed E-state index contributed by atoms with van der Waals surface area (Å²) in [5.41, 5.74) is 2.32. The Kier molecular flexibility index (Phi) is 1.94. The number of nitrogens with one attached hydrogen (secondary N) is 1. The summed E-state index contributed by atoms with van der Waals surface area (Å²) in [5, 5.41) is 6.73. The van der Waals surface area contributed by atoms with Crippen LogP contribution in [0.4, 0.5) is 5.69 Å². The molecule has 0 atom stereocenters. The van der Waals surface area contributed by atoms with E-state index < -0.39 is 0 Å². The molecular weight excluding hydrogens is 261 g/mol. The van der Waals surface area contributed by atoms with E-state index in [1.54, 1.807) is 0 Å². The maximum absolute atomic E-state index is 6.21. The van der Waals surface area contributed by atoms with Crippen LogP contribution in [-0.4, -0.2) is 20.4 Å². The summed E-state index contributed by atoms with van der Waals surface area (Å²) in [7, 11) is 0. The third-order valence-electron chi connectivity index (χ3n) is 2.42. The number of rotatable bonds is 0. The van der Waals surface area contributed by atoms with Crippen LogP contribution >= 0.6 is 11.6 Å². The molecule has 1 N–H and O–H groups in total. The molecule has 1 heterocycles. The van der Waals surface area contributed by atoms with Crippen molar-refractivity contribution in [2.24, 2.45) is 0 Å². The summed E-state index contributed by atoms with van der Waals surface area (Å²) in [4.78, 5) is 0. The van der Waals surface area contributed by atoms with Crippen LogP contribution in [-0.2, 0) is 0 Å². The molecule has 0 amide bonds. The molecule has 2 aromatic carbocycles. The Bertz CT molecular complexity index is 510. The zero-order valence-corrected chi connectivity index (χ0v) is 9.85. The van der Waals surface area contributed by atoms with Gasteiger partial charge in [-0.05, 0) is 0 Å². The second kappa shape index (κ2) is 3.16. The molecule has 0 aliphatic carbocycles. The van der Waals surface area contributed by atoms with Crippen molar-refractivity contribution in [1.29, 1.82) is 0 Å². The standard InChI is InChI=1S/C11H8ClNSe/c12-9-5-10-11(14-6-13-10)8-4-2-1-3-7(8)9/h1-5,13H,6H2. The van der Waals surface area contributed by atoms with E-state index in [-0.39, 0.29) is 0 Å². The Hall–Kier alpha value is -0.691. The first-order chi connectivity index (χ1) is 6.86. The predicted octanol–water partition coefficient (Wildman–Crippen LogP) is 2.21. The van der Waals surface area contributed by atoms with E-state index in [4.69, 9.17) is 11.6 Å². The molecule has 0 saturated carbocycles. The fourth-order valence-electron chi connectivity index (χ4n) is 1.78. The van der Waals surface area contributed by atoms with Crippen LogP contribution in [0, 0.1) is 0 Å². The Labute approximate surface area is 93.6 Å². The third kappa shape index (κ3) is 1.15. The van der Waals surface area contributed by atoms with Crippen LogP contribution in [0.25, 0.3) is 10.8 Å². The van der Waals surface area contributed by atoms with E-state index >= 15 is 0 Å². The van der Waals surface area contributed by atoms with E-state index in [0.29, 0.717) is 15.0 Å². The summed E-state index contributed by atoms with van der Waals surface area (Å²) in [5.74, 6) is 0. The van der Waals surface area contributed by atoms with Crippen molar-refractivity contribution in [3.63, 3.8) is 0 Å². The third-order valence-corrected chi connectivity index (χ3v) is 4.87. The van der Waals surface area contributed by atoms with Gasteiger partial charge in [-0.3, -0.25) is 0 Å². The number of fused-ring (bicyclic) bond motifs is 3. The molecule has 3 heteroatoms. The van der Waals surface area contributed by atoms with Crippen LogP contribution in [0.2, 0.25) is 5.02 Å². The van der Waals surface area contributed by atoms with Crippen LogP contribution in [0.15, 0.2) is 30.3 Å². The van der Waals surface area contributed by atoms with Crippen molar-refractivity contribution >= 4 is 47.5 Å². The molecule has 2 aromatic rings. The van der Waals surface area contributed by atoms with Crippen LogP contribution in [0.1, 0.15) is 0 Å². The van der Waals surface area contributed by atoms with E-state index in [1.807, 2.05) is 12.1 Å². The summed E-state index contributed by atoms with van der Waals surface area (Å²) < 4.78 is 1.47. The summed E-state index contributed by atoms with van der Waals surface area (Å²) in [6.07, 6.45) is 0. The minimum absolute atomic E-state index is 0.555. The normalized spacial score (nSPS) is 14.1. The van der Waals surface area contributed by atoms with Crippen molar-refractivity contribution < 1.29 is 0 Å². The van der Waals surface area contributed by atoms with Gasteiger partial charge in [-0.15, -0.1) is 0 Å². The van der Waals surface area contributed by atoms with Crippen molar-refractivity contribution in [3.05, 3.63) is 35.4 Å². The van der Waals surface area contributed by atoms with E-state index in [9.17, 15) is 0 Å². The van der Waals surface area contributed by atoms with Crippen molar-refractivity contribution in [3.8, 4) is 0 Å². The molecule has 70 valence electrons. The van der Waals surface area contributed by atoms with Gasteiger partial charge in [0.15, 0.2) is 0 Å². The van der Waals surface area contributed by atoms with Crippen molar-refractivity contribution in [2.75, 3.05) is 10.8 Å². The second-order valence-corrected chi connectivity index (χ2v) is 5.72. The van der Waals surface area contributed by atoms with Gasteiger partial charge < -0.3 is 0 Å². The second-order valence-electron chi connectivity index (χ2n) is 3.25. The summed E-state index contributed by atoms with van der Waals surface area (Å²) >= 11 is 6.76. The Balaban J connectivity index is 2.47. The van der Waals surface area contributed by atoms with Crippen LogP contribution in [0.5, 0.6) is 0 Å². The molecule has 0 aromatic heterocycles. The van der Waals surface area contributed by atoms with Crippen molar-refractivity contribution in [1.82, 2.24) is 0 Å². The molecule has 1 aliphatic heterocycles. The molecule has 0 saturated heterocycles. The minimum atomic E-state index is 0.555. The molecule has 0 radical (unpaired) electrons. The Morgan fingerprint density at radius 1 is 1.21 bits per heavy atom. The van der Waals surface area contributed by atoms with Crippen molar-refractivity contribution in [2.45, 2.75) is 0 Å². The number of anilines is 1. The van der Waals surface area contributed by atoms with Gasteiger partial charge in [0.25, 0.3) is 0 Å². The van der Waals surface area contributed by atoms with Gasteiger partial charge in [-0.1, -0.05) is 0 Å². The first kappa shape index (κ1) is 8.60. The molecule has 14 heavy (non-hydrogen) atoms. The number of hydrogen-bond acceptors (Lipinski definition) is 1. The maximum atomic E-state index is 6.21. The number of halogens is 1. The van der Waals surface area contributed by atoms with E-state index in [0.717, 1.165) is 10.5 Å². The first-order valence-corrected chi connectivity index (χ1v) is 6.89. The molecule has 0 unspecified atom stereocenters. The fourth-order valence-corrected chi connectivity index (χ4v) is 4.13. The van der Waals surface area contributed by atoms with Gasteiger partial charge in [-0.25, -0.2) is 0 Å². The van der Waals surface area contributed by atoms with Gasteiger partial charge in [-0.2, -0.15) is 0 Å². The molecule has 1 nitrogen and oxygen atoms in total. The number of hydrogen-bond donors (Lipinski definition) is 1. The van der Waals surface area contributed by atoms with Crippen LogP contribution in [0.3, 0.4) is 0 Å². The van der Waals surface area contributed by atoms with Crippen LogP contribution < -0.4 is 9.78 Å². The van der Waals surface area contributed by atoms with Gasteiger partial charge in [0.2, 0.25) is 0 Å². The summed E-state index contributed by atoms with van der Waals surface area (Å²) in [6.45, 7) is 0. The molecule has 0 fully saturated rings. The first-order valence-electron chi connectivity index (χ1n) is 4.44. The van der Waals surface area contributed by atoms with Gasteiger partial charge in [0.1, 0.15) is 0 Å². The SMILES string of the molecule is Clc1cc2c(c3ccccc13)[Se]CN2. The van der Waals surface area contributed by atoms with Gasteiger partial charge in [0.05, 0.1) is 0 Å². The Morgan fingerprint density at radius 3 is 2.86 bits per heavy atom. The molecule has 3 rings (SSSR count). The monoisotopic (exact) mass is 269 g/mol. The molecule has 0 bridgehead atoms. The molecule has 1 aliphatic rings.